The lowest BCUT2D eigenvalue weighted by Gasteiger charge is -2.28. The van der Waals surface area contributed by atoms with Crippen molar-refractivity contribution < 1.29 is 23.5 Å². The number of nitrogens with two attached hydrogens (primary N) is 1. The summed E-state index contributed by atoms with van der Waals surface area (Å²) in [6.45, 7) is 9.97. The number of imide groups is 1. The first-order valence-corrected chi connectivity index (χ1v) is 8.38. The van der Waals surface area contributed by atoms with Crippen LogP contribution in [0.3, 0.4) is 0 Å². The number of carbonyl (C=O) groups excluding carboxylic acids is 2. The zero-order chi connectivity index (χ0) is 20.6. The Labute approximate surface area is 157 Å². The van der Waals surface area contributed by atoms with Crippen molar-refractivity contribution in [2.75, 3.05) is 10.6 Å². The van der Waals surface area contributed by atoms with Gasteiger partial charge in [-0.25, -0.2) is 19.0 Å². The number of hydrogen-bond donors (Lipinski definition) is 1. The summed E-state index contributed by atoms with van der Waals surface area (Å²) in [5.41, 5.74) is 3.82. The van der Waals surface area contributed by atoms with Gasteiger partial charge in [0.15, 0.2) is 5.82 Å². The Bertz CT molecular complexity index is 857. The van der Waals surface area contributed by atoms with Gasteiger partial charge in [-0.3, -0.25) is 0 Å². The lowest BCUT2D eigenvalue weighted by molar-refractivity contribution is 0.0429. The normalized spacial score (nSPS) is 12.0. The molecule has 0 bridgehead atoms. The zero-order valence-corrected chi connectivity index (χ0v) is 16.3. The average Bonchev–Trinajstić information content (AvgIpc) is 2.45. The van der Waals surface area contributed by atoms with Crippen molar-refractivity contribution in [3.63, 3.8) is 0 Å². The van der Waals surface area contributed by atoms with E-state index >= 15 is 0 Å². The summed E-state index contributed by atoms with van der Waals surface area (Å²) in [6.07, 6.45) is -0.570. The molecule has 1 aromatic heterocycles. The minimum Gasteiger partial charge on any atom is -0.443 e. The van der Waals surface area contributed by atoms with Crippen molar-refractivity contribution >= 4 is 34.5 Å². The van der Waals surface area contributed by atoms with E-state index in [0.717, 1.165) is 6.07 Å². The molecule has 2 amide bonds. The molecule has 0 spiro atoms. The Morgan fingerprint density at radius 1 is 1.04 bits per heavy atom. The Morgan fingerprint density at radius 3 is 2.04 bits per heavy atom. The third-order valence-electron chi connectivity index (χ3n) is 3.22. The number of pyridine rings is 1. The zero-order valence-electron chi connectivity index (χ0n) is 16.3. The summed E-state index contributed by atoms with van der Waals surface area (Å²) in [7, 11) is 0. The quantitative estimate of drug-likeness (QED) is 0.728. The van der Waals surface area contributed by atoms with Gasteiger partial charge in [0.25, 0.3) is 0 Å². The molecule has 0 aliphatic heterocycles. The number of halogens is 1. The van der Waals surface area contributed by atoms with E-state index in [4.69, 9.17) is 15.2 Å². The fourth-order valence-electron chi connectivity index (χ4n) is 2.24. The largest absolute Gasteiger partial charge is 0.443 e. The van der Waals surface area contributed by atoms with E-state index in [1.807, 2.05) is 0 Å². The fraction of sp³-hybridized carbons (Fsp3) is 0.421. The molecule has 0 fully saturated rings. The summed E-state index contributed by atoms with van der Waals surface area (Å²) < 4.78 is 24.7. The maximum atomic E-state index is 14.0. The van der Waals surface area contributed by atoms with Crippen LogP contribution in [0.4, 0.5) is 25.5 Å². The molecule has 0 saturated heterocycles. The number of ether oxygens (including phenoxy) is 2. The lowest BCUT2D eigenvalue weighted by Crippen LogP contribution is -2.44. The van der Waals surface area contributed by atoms with Crippen LogP contribution < -0.4 is 10.6 Å². The lowest BCUT2D eigenvalue weighted by atomic mass is 10.1. The molecule has 7 nitrogen and oxygen atoms in total. The smallest absolute Gasteiger partial charge is 0.425 e. The summed E-state index contributed by atoms with van der Waals surface area (Å²) >= 11 is 0. The molecular formula is C19H24FN3O4. The highest BCUT2D eigenvalue weighted by Gasteiger charge is 2.34. The summed E-state index contributed by atoms with van der Waals surface area (Å²) in [5, 5.41) is 0.733. The standard InChI is InChI=1S/C19H24FN3O4/c1-18(2,3)26-16(24)23(17(25)27-19(4,5)6)15-12-10-13(20)14(21)9-11(12)7-8-22-15/h7-10H,21H2,1-6H3. The highest BCUT2D eigenvalue weighted by molar-refractivity contribution is 6.14. The van der Waals surface area contributed by atoms with Gasteiger partial charge >= 0.3 is 12.2 Å². The highest BCUT2D eigenvalue weighted by atomic mass is 19.1. The van der Waals surface area contributed by atoms with Gasteiger partial charge in [0, 0.05) is 11.6 Å². The number of hydrogen-bond acceptors (Lipinski definition) is 6. The van der Waals surface area contributed by atoms with Gasteiger partial charge in [0.05, 0.1) is 5.69 Å². The molecule has 2 rings (SSSR count). The summed E-state index contributed by atoms with van der Waals surface area (Å²) in [6, 6.07) is 4.12. The van der Waals surface area contributed by atoms with Gasteiger partial charge in [0.2, 0.25) is 0 Å². The molecule has 0 saturated carbocycles. The van der Waals surface area contributed by atoms with Crippen LogP contribution in [0, 0.1) is 5.82 Å². The molecule has 27 heavy (non-hydrogen) atoms. The summed E-state index contributed by atoms with van der Waals surface area (Å²) in [5.74, 6) is -0.792. The molecule has 1 heterocycles. The molecule has 0 atom stereocenters. The molecule has 2 N–H and O–H groups in total. The van der Waals surface area contributed by atoms with E-state index in [-0.39, 0.29) is 16.9 Å². The molecule has 2 aromatic rings. The van der Waals surface area contributed by atoms with E-state index in [1.54, 1.807) is 47.6 Å². The van der Waals surface area contributed by atoms with Crippen LogP contribution in [-0.4, -0.2) is 28.4 Å². The highest BCUT2D eigenvalue weighted by Crippen LogP contribution is 2.30. The number of carbonyl (C=O) groups is 2. The average molecular weight is 377 g/mol. The van der Waals surface area contributed by atoms with E-state index in [1.165, 1.54) is 12.3 Å². The van der Waals surface area contributed by atoms with Crippen LogP contribution in [0.15, 0.2) is 24.4 Å². The number of fused-ring (bicyclic) bond motifs is 1. The first-order chi connectivity index (χ1) is 12.3. The van der Waals surface area contributed by atoms with Gasteiger partial charge in [-0.15, -0.1) is 0 Å². The number of nitrogen functional groups attached to an aromatic ring is 1. The number of benzene rings is 1. The Morgan fingerprint density at radius 2 is 1.56 bits per heavy atom. The Kier molecular flexibility index (Phi) is 5.30. The number of rotatable bonds is 1. The van der Waals surface area contributed by atoms with Crippen molar-refractivity contribution in [1.82, 2.24) is 4.98 Å². The van der Waals surface area contributed by atoms with Gasteiger partial charge in [-0.2, -0.15) is 4.90 Å². The van der Waals surface area contributed by atoms with Crippen LogP contribution in [0.25, 0.3) is 10.8 Å². The third-order valence-corrected chi connectivity index (χ3v) is 3.22. The first kappa shape index (κ1) is 20.4. The van der Waals surface area contributed by atoms with E-state index in [9.17, 15) is 14.0 Å². The molecular weight excluding hydrogens is 353 g/mol. The van der Waals surface area contributed by atoms with Gasteiger partial charge in [-0.1, -0.05) is 0 Å². The molecule has 0 unspecified atom stereocenters. The van der Waals surface area contributed by atoms with Crippen molar-refractivity contribution in [3.8, 4) is 0 Å². The maximum absolute atomic E-state index is 14.0. The molecule has 146 valence electrons. The van der Waals surface area contributed by atoms with Gasteiger partial charge < -0.3 is 15.2 Å². The number of anilines is 2. The Hall–Kier alpha value is -2.90. The van der Waals surface area contributed by atoms with Gasteiger partial charge in [0.1, 0.15) is 17.0 Å². The van der Waals surface area contributed by atoms with E-state index < -0.39 is 29.2 Å². The molecule has 8 heteroatoms. The second kappa shape index (κ2) is 7.02. The molecule has 0 aliphatic carbocycles. The second-order valence-corrected chi connectivity index (χ2v) is 8.03. The van der Waals surface area contributed by atoms with Gasteiger partial charge in [-0.05, 0) is 65.1 Å². The minimum absolute atomic E-state index is 0.0549. The Balaban J connectivity index is 2.63. The van der Waals surface area contributed by atoms with Crippen LogP contribution in [0.2, 0.25) is 0 Å². The number of nitrogens with zero attached hydrogens (tertiary/aromatic N) is 2. The third kappa shape index (κ3) is 5.06. The molecule has 0 aliphatic rings. The molecule has 1 aromatic carbocycles. The number of aromatic nitrogens is 1. The van der Waals surface area contributed by atoms with Crippen molar-refractivity contribution in [2.24, 2.45) is 0 Å². The maximum Gasteiger partial charge on any atom is 0.425 e. The van der Waals surface area contributed by atoms with Crippen LogP contribution in [-0.2, 0) is 9.47 Å². The minimum atomic E-state index is -0.978. The van der Waals surface area contributed by atoms with Crippen LogP contribution >= 0.6 is 0 Å². The second-order valence-electron chi connectivity index (χ2n) is 8.03. The fourth-order valence-corrected chi connectivity index (χ4v) is 2.24. The monoisotopic (exact) mass is 377 g/mol. The summed E-state index contributed by atoms with van der Waals surface area (Å²) in [4.78, 5) is 30.2. The predicted octanol–water partition coefficient (Wildman–Crippen LogP) is 4.63. The van der Waals surface area contributed by atoms with Crippen molar-refractivity contribution in [2.45, 2.75) is 52.7 Å². The SMILES string of the molecule is CC(C)(C)OC(=O)N(C(=O)OC(C)(C)C)c1nccc2cc(N)c(F)cc12. The van der Waals surface area contributed by atoms with Crippen molar-refractivity contribution in [1.29, 1.82) is 0 Å². The first-order valence-electron chi connectivity index (χ1n) is 8.38. The number of amides is 2. The van der Waals surface area contributed by atoms with E-state index in [2.05, 4.69) is 4.98 Å². The molecule has 0 radical (unpaired) electrons. The van der Waals surface area contributed by atoms with Crippen LogP contribution in [0.1, 0.15) is 41.5 Å². The topological polar surface area (TPSA) is 94.8 Å². The van der Waals surface area contributed by atoms with Crippen molar-refractivity contribution in [3.05, 3.63) is 30.2 Å². The predicted molar refractivity (Wildman–Crippen MR) is 101 cm³/mol. The van der Waals surface area contributed by atoms with Crippen LogP contribution in [0.5, 0.6) is 0 Å². The van der Waals surface area contributed by atoms with E-state index in [0.29, 0.717) is 10.3 Å².